The van der Waals surface area contributed by atoms with Gasteiger partial charge in [-0.15, -0.1) is 0 Å². The highest BCUT2D eigenvalue weighted by molar-refractivity contribution is 6.32. The molecule has 1 aliphatic heterocycles. The number of hydrogen-bond donors (Lipinski definition) is 0. The molecule has 0 fully saturated rings. The number of hydrogen-bond acceptors (Lipinski definition) is 3. The quantitative estimate of drug-likeness (QED) is 0.622. The van der Waals surface area contributed by atoms with E-state index < -0.39 is 0 Å². The van der Waals surface area contributed by atoms with E-state index in [-0.39, 0.29) is 0 Å². The third-order valence-corrected chi connectivity index (χ3v) is 4.86. The Kier molecular flexibility index (Phi) is 5.32. The van der Waals surface area contributed by atoms with Crippen molar-refractivity contribution in [1.82, 2.24) is 5.01 Å². The second-order valence-corrected chi connectivity index (χ2v) is 6.40. The van der Waals surface area contributed by atoms with Gasteiger partial charge in [-0.25, -0.2) is 5.01 Å². The van der Waals surface area contributed by atoms with Gasteiger partial charge in [0, 0.05) is 18.1 Å². The van der Waals surface area contributed by atoms with Crippen molar-refractivity contribution < 1.29 is 4.74 Å². The molecule has 1 heterocycles. The number of nitrogens with zero attached hydrogens (tertiary/aromatic N) is 2. The van der Waals surface area contributed by atoms with E-state index in [1.54, 1.807) is 0 Å². The summed E-state index contributed by atoms with van der Waals surface area (Å²) in [4.78, 5) is 0. The predicted molar refractivity (Wildman–Crippen MR) is 102 cm³/mol. The number of benzene rings is 2. The summed E-state index contributed by atoms with van der Waals surface area (Å²) in [7, 11) is 0. The summed E-state index contributed by atoms with van der Waals surface area (Å²) < 4.78 is 6.20. The van der Waals surface area contributed by atoms with Crippen LogP contribution in [0.1, 0.15) is 39.2 Å². The molecular weight excluding hydrogens is 320 g/mol. The lowest BCUT2D eigenvalue weighted by molar-refractivity contribution is 0.296. The molecule has 0 unspecified atom stereocenters. The molecule has 0 aliphatic carbocycles. The Morgan fingerprint density at radius 2 is 1.75 bits per heavy atom. The summed E-state index contributed by atoms with van der Waals surface area (Å²) in [6, 6.07) is 12.1. The Balaban J connectivity index is 2.19. The summed E-state index contributed by atoms with van der Waals surface area (Å²) in [5.41, 5.74) is 3.35. The van der Waals surface area contributed by atoms with Crippen LogP contribution in [0.5, 0.6) is 11.5 Å². The van der Waals surface area contributed by atoms with Gasteiger partial charge in [-0.05, 0) is 42.7 Å². The van der Waals surface area contributed by atoms with Crippen molar-refractivity contribution in [2.75, 3.05) is 18.1 Å². The first kappa shape index (κ1) is 17.1. The van der Waals surface area contributed by atoms with Crippen LogP contribution < -0.4 is 9.75 Å². The number of para-hydroxylation sites is 2. The lowest BCUT2D eigenvalue weighted by atomic mass is 10.0. The second kappa shape index (κ2) is 7.45. The smallest absolute Gasteiger partial charge is 0.153 e. The minimum Gasteiger partial charge on any atom is -0.453 e. The van der Waals surface area contributed by atoms with Gasteiger partial charge >= 0.3 is 0 Å². The SMILES string of the molecule is CCCCc1c(Cl)ccc2c1N(N(CC)CC)c1ccccc1O2. The van der Waals surface area contributed by atoms with E-state index in [1.807, 2.05) is 24.3 Å². The summed E-state index contributed by atoms with van der Waals surface area (Å²) in [6.45, 7) is 8.40. The van der Waals surface area contributed by atoms with Crippen LogP contribution in [0.4, 0.5) is 11.4 Å². The van der Waals surface area contributed by atoms with Gasteiger partial charge in [0.15, 0.2) is 11.5 Å². The van der Waals surface area contributed by atoms with E-state index in [0.29, 0.717) is 0 Å². The van der Waals surface area contributed by atoms with E-state index in [2.05, 4.69) is 42.9 Å². The van der Waals surface area contributed by atoms with Gasteiger partial charge in [-0.3, -0.25) is 5.01 Å². The van der Waals surface area contributed by atoms with Gasteiger partial charge in [0.05, 0.1) is 0 Å². The van der Waals surface area contributed by atoms with Crippen molar-refractivity contribution in [1.29, 1.82) is 0 Å². The summed E-state index contributed by atoms with van der Waals surface area (Å²) in [5, 5.41) is 5.44. The van der Waals surface area contributed by atoms with Crippen molar-refractivity contribution >= 4 is 23.0 Å². The molecule has 2 aromatic carbocycles. The molecule has 0 bridgehead atoms. The normalized spacial score (nSPS) is 12.8. The molecule has 3 rings (SSSR count). The van der Waals surface area contributed by atoms with Crippen LogP contribution >= 0.6 is 11.6 Å². The van der Waals surface area contributed by atoms with Gasteiger partial charge in [0.25, 0.3) is 0 Å². The van der Waals surface area contributed by atoms with Crippen LogP contribution in [0.3, 0.4) is 0 Å². The molecule has 0 aromatic heterocycles. The van der Waals surface area contributed by atoms with Crippen LogP contribution in [0, 0.1) is 0 Å². The zero-order valence-corrected chi connectivity index (χ0v) is 15.4. The summed E-state index contributed by atoms with van der Waals surface area (Å²) in [5.74, 6) is 1.77. The third-order valence-electron chi connectivity index (χ3n) is 4.51. The first-order valence-electron chi connectivity index (χ1n) is 8.84. The number of hydrazine groups is 1. The number of fused-ring (bicyclic) bond motifs is 2. The fraction of sp³-hybridized carbons (Fsp3) is 0.400. The molecule has 24 heavy (non-hydrogen) atoms. The predicted octanol–water partition coefficient (Wildman–Crippen LogP) is 6.18. The van der Waals surface area contributed by atoms with Crippen molar-refractivity contribution in [3.8, 4) is 11.5 Å². The molecule has 0 saturated carbocycles. The number of anilines is 2. The molecule has 1 aliphatic rings. The standard InChI is InChI=1S/C20H25ClN2O/c1-4-7-10-15-16(21)13-14-19-20(15)23(22(5-2)6-3)17-11-8-9-12-18(17)24-19/h8-9,11-14H,4-7,10H2,1-3H3. The molecule has 128 valence electrons. The average Bonchev–Trinajstić information content (AvgIpc) is 2.61. The highest BCUT2D eigenvalue weighted by Gasteiger charge is 2.30. The van der Waals surface area contributed by atoms with Crippen molar-refractivity contribution in [2.24, 2.45) is 0 Å². The molecule has 3 nitrogen and oxygen atoms in total. The number of rotatable bonds is 6. The Bertz CT molecular complexity index is 713. The van der Waals surface area contributed by atoms with Crippen molar-refractivity contribution in [3.63, 3.8) is 0 Å². The lowest BCUT2D eigenvalue weighted by Crippen LogP contribution is -2.41. The maximum absolute atomic E-state index is 6.58. The Morgan fingerprint density at radius 1 is 1.00 bits per heavy atom. The molecule has 0 atom stereocenters. The monoisotopic (exact) mass is 344 g/mol. The largest absolute Gasteiger partial charge is 0.453 e. The van der Waals surface area contributed by atoms with Crippen molar-refractivity contribution in [3.05, 3.63) is 47.0 Å². The van der Waals surface area contributed by atoms with Crippen LogP contribution in [-0.2, 0) is 6.42 Å². The fourth-order valence-corrected chi connectivity index (χ4v) is 3.50. The van der Waals surface area contributed by atoms with E-state index in [9.17, 15) is 0 Å². The van der Waals surface area contributed by atoms with E-state index in [4.69, 9.17) is 16.3 Å². The molecule has 0 spiro atoms. The van der Waals surface area contributed by atoms with E-state index >= 15 is 0 Å². The summed E-state index contributed by atoms with van der Waals surface area (Å²) >= 11 is 6.58. The molecule has 0 amide bonds. The van der Waals surface area contributed by atoms with Crippen LogP contribution in [-0.4, -0.2) is 18.1 Å². The molecule has 4 heteroatoms. The Morgan fingerprint density at radius 3 is 2.46 bits per heavy atom. The Hall–Kier alpha value is -1.71. The first-order valence-corrected chi connectivity index (χ1v) is 9.22. The van der Waals surface area contributed by atoms with Gasteiger partial charge in [0.2, 0.25) is 0 Å². The molecule has 0 radical (unpaired) electrons. The van der Waals surface area contributed by atoms with E-state index in [0.717, 1.165) is 60.2 Å². The van der Waals surface area contributed by atoms with Crippen LogP contribution in [0.2, 0.25) is 5.02 Å². The molecular formula is C20H25ClN2O. The van der Waals surface area contributed by atoms with Gasteiger partial charge in [0.1, 0.15) is 11.4 Å². The maximum Gasteiger partial charge on any atom is 0.153 e. The van der Waals surface area contributed by atoms with Gasteiger partial charge in [-0.2, -0.15) is 0 Å². The van der Waals surface area contributed by atoms with Gasteiger partial charge in [-0.1, -0.05) is 50.9 Å². The van der Waals surface area contributed by atoms with Crippen molar-refractivity contribution in [2.45, 2.75) is 40.0 Å². The lowest BCUT2D eigenvalue weighted by Gasteiger charge is -2.41. The third kappa shape index (κ3) is 2.99. The van der Waals surface area contributed by atoms with E-state index in [1.165, 1.54) is 5.56 Å². The second-order valence-electron chi connectivity index (χ2n) is 6.00. The highest BCUT2D eigenvalue weighted by atomic mass is 35.5. The zero-order chi connectivity index (χ0) is 17.1. The molecule has 0 saturated heterocycles. The minimum absolute atomic E-state index is 0.822. The van der Waals surface area contributed by atoms with Crippen LogP contribution in [0.15, 0.2) is 36.4 Å². The summed E-state index contributed by atoms with van der Waals surface area (Å²) in [6.07, 6.45) is 3.22. The topological polar surface area (TPSA) is 15.7 Å². The maximum atomic E-state index is 6.58. The minimum atomic E-state index is 0.822. The van der Waals surface area contributed by atoms with Gasteiger partial charge < -0.3 is 4.74 Å². The Labute approximate surface area is 149 Å². The molecule has 0 N–H and O–H groups in total. The fourth-order valence-electron chi connectivity index (χ4n) is 3.25. The highest BCUT2D eigenvalue weighted by Crippen LogP contribution is 2.50. The number of ether oxygens (including phenoxy) is 1. The zero-order valence-electron chi connectivity index (χ0n) is 14.7. The first-order chi connectivity index (χ1) is 11.7. The number of halogens is 1. The number of unbranched alkanes of at least 4 members (excludes halogenated alkanes) is 1. The average molecular weight is 345 g/mol. The molecule has 2 aromatic rings. The van der Waals surface area contributed by atoms with Crippen LogP contribution in [0.25, 0.3) is 0 Å².